The van der Waals surface area contributed by atoms with Gasteiger partial charge in [0.2, 0.25) is 0 Å². The number of hydrogen-bond donors (Lipinski definition) is 3. The molecule has 0 spiro atoms. The molecule has 0 radical (unpaired) electrons. The lowest BCUT2D eigenvalue weighted by Crippen LogP contribution is -2.30. The van der Waals surface area contributed by atoms with Crippen molar-refractivity contribution in [1.29, 1.82) is 0 Å². The molecule has 96 heavy (non-hydrogen) atoms. The van der Waals surface area contributed by atoms with E-state index in [1.54, 1.807) is 0 Å². The highest BCUT2D eigenvalue weighted by Crippen LogP contribution is 2.45. The Morgan fingerprint density at radius 2 is 0.479 bits per heavy atom. The Kier molecular flexibility index (Phi) is 67.4. The second-order valence-corrected chi connectivity index (χ2v) is 31.6. The summed E-state index contributed by atoms with van der Waals surface area (Å²) in [4.78, 5) is 72.8. The van der Waals surface area contributed by atoms with Gasteiger partial charge < -0.3 is 33.8 Å². The van der Waals surface area contributed by atoms with E-state index in [1.165, 1.54) is 218 Å². The maximum atomic E-state index is 13.1. The van der Waals surface area contributed by atoms with Gasteiger partial charge >= 0.3 is 39.5 Å². The average molecular weight is 1410 g/mol. The molecule has 570 valence electrons. The van der Waals surface area contributed by atoms with E-state index >= 15 is 0 Å². The van der Waals surface area contributed by atoms with Gasteiger partial charge in [-0.1, -0.05) is 350 Å². The van der Waals surface area contributed by atoms with Gasteiger partial charge in [0.1, 0.15) is 19.3 Å². The summed E-state index contributed by atoms with van der Waals surface area (Å²) in [5, 5.41) is 10.6. The summed E-state index contributed by atoms with van der Waals surface area (Å²) in [7, 11) is -9.91. The summed E-state index contributed by atoms with van der Waals surface area (Å²) >= 11 is 0. The first-order valence-electron chi connectivity index (χ1n) is 40.0. The number of rotatable bonds is 76. The van der Waals surface area contributed by atoms with Crippen LogP contribution in [0.4, 0.5) is 0 Å². The first-order valence-corrected chi connectivity index (χ1v) is 43.0. The monoisotopic (exact) mass is 1410 g/mol. The van der Waals surface area contributed by atoms with Gasteiger partial charge in [-0.05, 0) is 37.5 Å². The number of carbonyl (C=O) groups excluding carboxylic acids is 4. The summed E-state index contributed by atoms with van der Waals surface area (Å²) in [5.74, 6) is -0.553. The van der Waals surface area contributed by atoms with E-state index < -0.39 is 97.5 Å². The molecule has 0 heterocycles. The van der Waals surface area contributed by atoms with Gasteiger partial charge in [-0.2, -0.15) is 0 Å². The highest BCUT2D eigenvalue weighted by atomic mass is 31.2. The van der Waals surface area contributed by atoms with Crippen LogP contribution in [0.15, 0.2) is 0 Å². The third kappa shape index (κ3) is 70.5. The molecule has 19 heteroatoms. The zero-order valence-corrected chi connectivity index (χ0v) is 64.5. The zero-order valence-electron chi connectivity index (χ0n) is 62.7. The fourth-order valence-electron chi connectivity index (χ4n) is 11.8. The van der Waals surface area contributed by atoms with Crippen molar-refractivity contribution in [3.05, 3.63) is 0 Å². The Morgan fingerprint density at radius 1 is 0.281 bits per heavy atom. The molecule has 0 bridgehead atoms. The molecule has 0 aliphatic carbocycles. The second kappa shape index (κ2) is 68.8. The normalized spacial score (nSPS) is 14.0. The molecule has 0 aliphatic heterocycles. The Balaban J connectivity index is 5.23. The second-order valence-electron chi connectivity index (χ2n) is 28.7. The SMILES string of the molecule is CCCCCCCCCCCCCCCCCCC(=O)OC[C@H](COP(=O)(O)OC[C@@H](O)COP(=O)(O)OC[C@@H](COC(=O)CCCCCCCCCCC)OC(=O)CCCCCCCCCCCCCC(C)C)OC(=O)CCCCCCCCCCCCCCCCC(C)C. The van der Waals surface area contributed by atoms with E-state index in [0.29, 0.717) is 25.7 Å². The van der Waals surface area contributed by atoms with Crippen LogP contribution < -0.4 is 0 Å². The minimum absolute atomic E-state index is 0.107. The van der Waals surface area contributed by atoms with Crippen molar-refractivity contribution in [1.82, 2.24) is 0 Å². The maximum Gasteiger partial charge on any atom is 0.472 e. The van der Waals surface area contributed by atoms with Crippen LogP contribution >= 0.6 is 15.6 Å². The lowest BCUT2D eigenvalue weighted by atomic mass is 10.0. The lowest BCUT2D eigenvalue weighted by molar-refractivity contribution is -0.161. The third-order valence-corrected chi connectivity index (χ3v) is 19.9. The van der Waals surface area contributed by atoms with Gasteiger partial charge in [0.05, 0.1) is 26.4 Å². The Bertz CT molecular complexity index is 1860. The quantitative estimate of drug-likeness (QED) is 0.0222. The minimum Gasteiger partial charge on any atom is -0.462 e. The predicted molar refractivity (Wildman–Crippen MR) is 391 cm³/mol. The van der Waals surface area contributed by atoms with E-state index in [0.717, 1.165) is 102 Å². The maximum absolute atomic E-state index is 13.1. The van der Waals surface area contributed by atoms with Crippen LogP contribution in [0.5, 0.6) is 0 Å². The number of carbonyl (C=O) groups is 4. The van der Waals surface area contributed by atoms with Crippen molar-refractivity contribution in [2.45, 2.75) is 419 Å². The topological polar surface area (TPSA) is 237 Å². The van der Waals surface area contributed by atoms with Gasteiger partial charge in [0.25, 0.3) is 0 Å². The predicted octanol–water partition coefficient (Wildman–Crippen LogP) is 22.7. The molecule has 0 amide bonds. The first kappa shape index (κ1) is 94.1. The van der Waals surface area contributed by atoms with E-state index in [-0.39, 0.29) is 25.7 Å². The molecule has 2 unspecified atom stereocenters. The third-order valence-electron chi connectivity index (χ3n) is 18.0. The fourth-order valence-corrected chi connectivity index (χ4v) is 13.4. The van der Waals surface area contributed by atoms with Gasteiger partial charge in [-0.3, -0.25) is 37.3 Å². The van der Waals surface area contributed by atoms with Crippen molar-refractivity contribution in [3.63, 3.8) is 0 Å². The van der Waals surface area contributed by atoms with Crippen molar-refractivity contribution < 1.29 is 80.2 Å². The van der Waals surface area contributed by atoms with Crippen LogP contribution in [-0.2, 0) is 65.4 Å². The number of aliphatic hydroxyl groups is 1. The Labute approximate surface area is 588 Å². The van der Waals surface area contributed by atoms with Gasteiger partial charge in [0.15, 0.2) is 12.2 Å². The summed E-state index contributed by atoms with van der Waals surface area (Å²) in [6.07, 6.45) is 56.8. The van der Waals surface area contributed by atoms with Crippen molar-refractivity contribution in [2.24, 2.45) is 11.8 Å². The molecular formula is C77H150O17P2. The average Bonchev–Trinajstić information content (AvgIpc) is 1.22. The molecule has 0 aromatic rings. The smallest absolute Gasteiger partial charge is 0.462 e. The lowest BCUT2D eigenvalue weighted by Gasteiger charge is -2.21. The first-order chi connectivity index (χ1) is 46.4. The standard InChI is InChI=1S/C77H150O17P2/c1-7-9-11-13-15-17-18-19-20-21-25-30-36-42-48-54-60-75(80)88-66-73(94-76(81)61-55-49-43-37-31-26-23-22-24-28-34-39-45-51-57-69(3)4)68-92-96(85,86)90-64-71(78)63-89-95(83,84)91-67-72(65-87-74(79)59-53-47-41-33-16-14-12-10-8-2)93-77(82)62-56-50-44-38-32-27-29-35-40-46-52-58-70(5)6/h69-73,78H,7-68H2,1-6H3,(H,83,84)(H,85,86)/t71-,72+,73+/m0/s1. The Hall–Kier alpha value is -1.94. The zero-order chi connectivity index (χ0) is 70.7. The van der Waals surface area contributed by atoms with Crippen LogP contribution in [0.25, 0.3) is 0 Å². The van der Waals surface area contributed by atoms with Crippen LogP contribution in [0.3, 0.4) is 0 Å². The van der Waals surface area contributed by atoms with Gasteiger partial charge in [-0.25, -0.2) is 9.13 Å². The van der Waals surface area contributed by atoms with Crippen molar-refractivity contribution >= 4 is 39.5 Å². The van der Waals surface area contributed by atoms with Crippen molar-refractivity contribution in [3.8, 4) is 0 Å². The highest BCUT2D eigenvalue weighted by molar-refractivity contribution is 7.47. The largest absolute Gasteiger partial charge is 0.472 e. The molecule has 0 rings (SSSR count). The molecule has 0 aromatic carbocycles. The molecule has 0 aliphatic rings. The minimum atomic E-state index is -4.96. The number of unbranched alkanes of at least 4 members (excludes halogenated alkanes) is 46. The number of hydrogen-bond acceptors (Lipinski definition) is 15. The van der Waals surface area contributed by atoms with Crippen LogP contribution in [-0.4, -0.2) is 96.7 Å². The van der Waals surface area contributed by atoms with E-state index in [1.807, 2.05) is 0 Å². The number of aliphatic hydroxyl groups excluding tert-OH is 1. The highest BCUT2D eigenvalue weighted by Gasteiger charge is 2.30. The number of ether oxygens (including phenoxy) is 4. The molecule has 0 saturated heterocycles. The van der Waals surface area contributed by atoms with E-state index in [9.17, 15) is 43.2 Å². The van der Waals surface area contributed by atoms with E-state index in [2.05, 4.69) is 41.5 Å². The van der Waals surface area contributed by atoms with Gasteiger partial charge in [-0.15, -0.1) is 0 Å². The number of esters is 4. The van der Waals surface area contributed by atoms with Crippen molar-refractivity contribution in [2.75, 3.05) is 39.6 Å². The summed E-state index contributed by atoms with van der Waals surface area (Å²) < 4.78 is 68.6. The molecule has 17 nitrogen and oxygen atoms in total. The van der Waals surface area contributed by atoms with Gasteiger partial charge in [0, 0.05) is 25.7 Å². The molecule has 0 aromatic heterocycles. The molecule has 0 fully saturated rings. The Morgan fingerprint density at radius 3 is 0.708 bits per heavy atom. The number of phosphoric acid groups is 2. The molecule has 0 saturated carbocycles. The van der Waals surface area contributed by atoms with Crippen LogP contribution in [0.1, 0.15) is 401 Å². The number of phosphoric ester groups is 2. The summed E-state index contributed by atoms with van der Waals surface area (Å²) in [6, 6.07) is 0. The van der Waals surface area contributed by atoms with Crippen LogP contribution in [0, 0.1) is 11.8 Å². The molecule has 3 N–H and O–H groups in total. The van der Waals surface area contributed by atoms with Crippen LogP contribution in [0.2, 0.25) is 0 Å². The molecular weight excluding hydrogens is 1260 g/mol. The van der Waals surface area contributed by atoms with E-state index in [4.69, 9.17) is 37.0 Å². The summed E-state index contributed by atoms with van der Waals surface area (Å²) in [5.41, 5.74) is 0. The fraction of sp³-hybridized carbons (Fsp3) is 0.948. The summed E-state index contributed by atoms with van der Waals surface area (Å²) in [6.45, 7) is 9.62. The molecule has 5 atom stereocenters.